The molecule has 5 nitrogen and oxygen atoms in total. The molecule has 2 aromatic rings. The summed E-state index contributed by atoms with van der Waals surface area (Å²) in [6.07, 6.45) is -6.21. The zero-order valence-electron chi connectivity index (χ0n) is 11.7. The highest BCUT2D eigenvalue weighted by Crippen LogP contribution is 2.26. The second kappa shape index (κ2) is 6.79. The third-order valence-electron chi connectivity index (χ3n) is 2.82. The Balaban J connectivity index is 2.31. The molecular weight excluding hydrogens is 351 g/mol. The molecule has 2 N–H and O–H groups in total. The fraction of sp³-hybridized carbons (Fsp3) is 0.0667. The molecule has 0 aliphatic rings. The lowest BCUT2D eigenvalue weighted by Gasteiger charge is -2.11. The molecule has 126 valence electrons. The van der Waals surface area contributed by atoms with Crippen molar-refractivity contribution in [3.05, 3.63) is 58.6 Å². The van der Waals surface area contributed by atoms with Crippen molar-refractivity contribution in [2.75, 3.05) is 5.32 Å². The Bertz CT molecular complexity index is 775. The lowest BCUT2D eigenvalue weighted by Crippen LogP contribution is -2.17. The van der Waals surface area contributed by atoms with Crippen LogP contribution in [-0.2, 0) is 0 Å². The fourth-order valence-electron chi connectivity index (χ4n) is 1.89. The number of ketones is 1. The van der Waals surface area contributed by atoms with E-state index in [-0.39, 0.29) is 21.8 Å². The van der Waals surface area contributed by atoms with Gasteiger partial charge in [-0.15, -0.1) is 13.2 Å². The number of ether oxygens (including phenoxy) is 1. The summed E-state index contributed by atoms with van der Waals surface area (Å²) in [6, 6.07) is 8.19. The van der Waals surface area contributed by atoms with Crippen molar-refractivity contribution in [3.8, 4) is 5.75 Å². The van der Waals surface area contributed by atoms with Gasteiger partial charge in [-0.2, -0.15) is 0 Å². The van der Waals surface area contributed by atoms with Crippen molar-refractivity contribution in [2.24, 2.45) is 0 Å². The van der Waals surface area contributed by atoms with Crippen LogP contribution in [0.1, 0.15) is 15.9 Å². The number of hydrogen-bond acceptors (Lipinski definition) is 3. The van der Waals surface area contributed by atoms with Crippen LogP contribution in [0, 0.1) is 0 Å². The van der Waals surface area contributed by atoms with Gasteiger partial charge in [0.2, 0.25) is 0 Å². The standard InChI is InChI=1S/C15H9ClF3NO4/c16-9-3-6-12(20-14(22)23)11(7-9)13(21)8-1-4-10(5-2-8)24-15(17,18)19/h1-7,20H,(H,22,23). The molecule has 0 unspecified atom stereocenters. The number of carbonyl (C=O) groups excluding carboxylic acids is 1. The maximum atomic E-state index is 12.4. The molecule has 0 spiro atoms. The zero-order valence-corrected chi connectivity index (χ0v) is 12.5. The zero-order chi connectivity index (χ0) is 17.9. The molecule has 0 heterocycles. The second-order valence-electron chi connectivity index (χ2n) is 4.52. The normalized spacial score (nSPS) is 11.0. The Morgan fingerprint density at radius 2 is 1.71 bits per heavy atom. The minimum atomic E-state index is -4.84. The number of amides is 1. The van der Waals surface area contributed by atoms with Crippen LogP contribution in [0.25, 0.3) is 0 Å². The van der Waals surface area contributed by atoms with Gasteiger partial charge in [0.05, 0.1) is 5.69 Å². The summed E-state index contributed by atoms with van der Waals surface area (Å²) in [7, 11) is 0. The van der Waals surface area contributed by atoms with E-state index in [0.717, 1.165) is 24.3 Å². The molecule has 2 aromatic carbocycles. The maximum Gasteiger partial charge on any atom is 0.573 e. The van der Waals surface area contributed by atoms with Gasteiger partial charge in [0, 0.05) is 16.1 Å². The summed E-state index contributed by atoms with van der Waals surface area (Å²) in [5, 5.41) is 11.0. The molecule has 0 atom stereocenters. The van der Waals surface area contributed by atoms with Crippen molar-refractivity contribution >= 4 is 29.2 Å². The number of carboxylic acid groups (broad SMARTS) is 1. The Morgan fingerprint density at radius 1 is 1.08 bits per heavy atom. The van der Waals surface area contributed by atoms with E-state index in [1.165, 1.54) is 18.2 Å². The number of hydrogen-bond donors (Lipinski definition) is 2. The van der Waals surface area contributed by atoms with E-state index in [1.807, 2.05) is 0 Å². The number of rotatable bonds is 4. The van der Waals surface area contributed by atoms with Crippen LogP contribution in [0.15, 0.2) is 42.5 Å². The molecule has 2 rings (SSSR count). The highest BCUT2D eigenvalue weighted by atomic mass is 35.5. The number of alkyl halides is 3. The van der Waals surface area contributed by atoms with Crippen LogP contribution in [-0.4, -0.2) is 23.3 Å². The maximum absolute atomic E-state index is 12.4. The van der Waals surface area contributed by atoms with Crippen LogP contribution in [0.5, 0.6) is 5.75 Å². The average molecular weight is 360 g/mol. The Morgan fingerprint density at radius 3 is 2.25 bits per heavy atom. The Kier molecular flexibility index (Phi) is 4.99. The van der Waals surface area contributed by atoms with E-state index in [0.29, 0.717) is 0 Å². The van der Waals surface area contributed by atoms with Gasteiger partial charge in [0.1, 0.15) is 5.75 Å². The largest absolute Gasteiger partial charge is 0.573 e. The molecule has 0 aromatic heterocycles. The lowest BCUT2D eigenvalue weighted by atomic mass is 10.0. The first-order chi connectivity index (χ1) is 11.2. The number of carbonyl (C=O) groups is 2. The van der Waals surface area contributed by atoms with Crippen molar-refractivity contribution in [3.63, 3.8) is 0 Å². The van der Waals surface area contributed by atoms with Crippen LogP contribution in [0.2, 0.25) is 5.02 Å². The fourth-order valence-corrected chi connectivity index (χ4v) is 2.06. The summed E-state index contributed by atoms with van der Waals surface area (Å²) in [5.41, 5.74) is 0.0159. The molecular formula is C15H9ClF3NO4. The molecule has 0 fully saturated rings. The second-order valence-corrected chi connectivity index (χ2v) is 4.96. The van der Waals surface area contributed by atoms with E-state index < -0.39 is 24.0 Å². The highest BCUT2D eigenvalue weighted by molar-refractivity contribution is 6.31. The van der Waals surface area contributed by atoms with Gasteiger partial charge in [0.25, 0.3) is 0 Å². The predicted molar refractivity (Wildman–Crippen MR) is 79.7 cm³/mol. The SMILES string of the molecule is O=C(O)Nc1ccc(Cl)cc1C(=O)c1ccc(OC(F)(F)F)cc1. The van der Waals surface area contributed by atoms with Crippen molar-refractivity contribution < 1.29 is 32.6 Å². The minimum absolute atomic E-state index is 0.00696. The van der Waals surface area contributed by atoms with Gasteiger partial charge in [-0.1, -0.05) is 11.6 Å². The molecule has 24 heavy (non-hydrogen) atoms. The third-order valence-corrected chi connectivity index (χ3v) is 3.05. The summed E-state index contributed by atoms with van der Waals surface area (Å²) in [5.74, 6) is -1.09. The molecule has 0 aliphatic carbocycles. The van der Waals surface area contributed by atoms with E-state index in [2.05, 4.69) is 10.1 Å². The molecule has 0 saturated heterocycles. The summed E-state index contributed by atoms with van der Waals surface area (Å²) in [6.45, 7) is 0. The van der Waals surface area contributed by atoms with Crippen LogP contribution >= 0.6 is 11.6 Å². The van der Waals surface area contributed by atoms with Gasteiger partial charge < -0.3 is 9.84 Å². The lowest BCUT2D eigenvalue weighted by molar-refractivity contribution is -0.274. The van der Waals surface area contributed by atoms with Crippen LogP contribution in [0.4, 0.5) is 23.7 Å². The molecule has 0 saturated carbocycles. The van der Waals surface area contributed by atoms with Crippen LogP contribution in [0.3, 0.4) is 0 Å². The van der Waals surface area contributed by atoms with Gasteiger partial charge in [-0.3, -0.25) is 10.1 Å². The van der Waals surface area contributed by atoms with Crippen molar-refractivity contribution in [2.45, 2.75) is 6.36 Å². The van der Waals surface area contributed by atoms with E-state index >= 15 is 0 Å². The van der Waals surface area contributed by atoms with Crippen LogP contribution < -0.4 is 10.1 Å². The van der Waals surface area contributed by atoms with E-state index in [9.17, 15) is 22.8 Å². The predicted octanol–water partition coefficient (Wildman–Crippen LogP) is 4.56. The first kappa shape index (κ1) is 17.6. The molecule has 0 bridgehead atoms. The van der Waals surface area contributed by atoms with Crippen molar-refractivity contribution in [1.82, 2.24) is 0 Å². The minimum Gasteiger partial charge on any atom is -0.465 e. The van der Waals surface area contributed by atoms with E-state index in [1.54, 1.807) is 0 Å². The van der Waals surface area contributed by atoms with Crippen molar-refractivity contribution in [1.29, 1.82) is 0 Å². The average Bonchev–Trinajstić information content (AvgIpc) is 2.47. The van der Waals surface area contributed by atoms with Gasteiger partial charge >= 0.3 is 12.5 Å². The molecule has 0 aliphatic heterocycles. The molecule has 9 heteroatoms. The first-order valence-corrected chi connectivity index (χ1v) is 6.73. The monoisotopic (exact) mass is 359 g/mol. The molecule has 0 radical (unpaired) electrons. The highest BCUT2D eigenvalue weighted by Gasteiger charge is 2.31. The van der Waals surface area contributed by atoms with E-state index in [4.69, 9.17) is 16.7 Å². The van der Waals surface area contributed by atoms with Gasteiger partial charge in [0.15, 0.2) is 5.78 Å². The summed E-state index contributed by atoms with van der Waals surface area (Å²) >= 11 is 5.81. The summed E-state index contributed by atoms with van der Waals surface area (Å²) in [4.78, 5) is 23.2. The topological polar surface area (TPSA) is 75.6 Å². The van der Waals surface area contributed by atoms with Gasteiger partial charge in [-0.05, 0) is 42.5 Å². The van der Waals surface area contributed by atoms with Gasteiger partial charge in [-0.25, -0.2) is 4.79 Å². The quantitative estimate of drug-likeness (QED) is 0.785. The number of benzene rings is 2. The Labute approximate surface area is 138 Å². The smallest absolute Gasteiger partial charge is 0.465 e. The summed E-state index contributed by atoms with van der Waals surface area (Å²) < 4.78 is 40.1. The number of anilines is 1. The third kappa shape index (κ3) is 4.63. The number of halogens is 4. The number of nitrogens with one attached hydrogen (secondary N) is 1. The Hall–Kier alpha value is -2.74. The molecule has 1 amide bonds. The first-order valence-electron chi connectivity index (χ1n) is 6.36.